The summed E-state index contributed by atoms with van der Waals surface area (Å²) in [5.41, 5.74) is 3.23. The van der Waals surface area contributed by atoms with Gasteiger partial charge in [-0.25, -0.2) is 0 Å². The third-order valence-electron chi connectivity index (χ3n) is 7.71. The van der Waals surface area contributed by atoms with Gasteiger partial charge in [0.2, 0.25) is 0 Å². The van der Waals surface area contributed by atoms with Crippen molar-refractivity contribution in [3.63, 3.8) is 0 Å². The predicted molar refractivity (Wildman–Crippen MR) is 178 cm³/mol. The van der Waals surface area contributed by atoms with E-state index in [0.29, 0.717) is 45.7 Å². The molecule has 238 valence electrons. The van der Waals surface area contributed by atoms with Crippen LogP contribution >= 0.6 is 47.0 Å². The van der Waals surface area contributed by atoms with Crippen LogP contribution in [0.5, 0.6) is 11.5 Å². The van der Waals surface area contributed by atoms with Crippen molar-refractivity contribution in [1.29, 1.82) is 0 Å². The zero-order chi connectivity index (χ0) is 32.4. The molecule has 7 rings (SSSR count). The van der Waals surface area contributed by atoms with Crippen molar-refractivity contribution in [2.24, 2.45) is 0 Å². The number of nitrogens with zero attached hydrogens (tertiary/aromatic N) is 8. The molecule has 0 bridgehead atoms. The van der Waals surface area contributed by atoms with E-state index in [1.165, 1.54) is 49.1 Å². The first-order chi connectivity index (χ1) is 22.1. The number of benzene rings is 1. The number of ether oxygens (including phenoxy) is 2. The highest BCUT2D eigenvalue weighted by Crippen LogP contribution is 2.65. The van der Waals surface area contributed by atoms with Gasteiger partial charge in [-0.05, 0) is 26.7 Å². The summed E-state index contributed by atoms with van der Waals surface area (Å²) in [4.78, 5) is 29.1. The summed E-state index contributed by atoms with van der Waals surface area (Å²) in [5, 5.41) is 29.0. The van der Waals surface area contributed by atoms with E-state index in [1.54, 1.807) is 16.3 Å². The third-order valence-corrected chi connectivity index (χ3v) is 12.9. The number of carbonyl (C=O) groups is 2. The van der Waals surface area contributed by atoms with Crippen LogP contribution in [0, 0.1) is 13.8 Å². The van der Waals surface area contributed by atoms with E-state index in [-0.39, 0.29) is 5.92 Å². The van der Waals surface area contributed by atoms with E-state index >= 15 is 0 Å². The van der Waals surface area contributed by atoms with Gasteiger partial charge in [-0.2, -0.15) is 19.2 Å². The predicted octanol–water partition coefficient (Wildman–Crippen LogP) is 4.90. The molecular formula is C30H30N8O4S4. The molecule has 6 heterocycles. The summed E-state index contributed by atoms with van der Waals surface area (Å²) >= 11 is 6.01. The molecule has 2 aliphatic heterocycles. The van der Waals surface area contributed by atoms with Gasteiger partial charge in [0.15, 0.2) is 34.4 Å². The van der Waals surface area contributed by atoms with Gasteiger partial charge in [0.05, 0.1) is 45.6 Å². The Bertz CT molecular complexity index is 2210. The molecule has 0 saturated heterocycles. The lowest BCUT2D eigenvalue weighted by Crippen LogP contribution is -2.17. The second-order valence-electron chi connectivity index (χ2n) is 11.1. The Morgan fingerprint density at radius 3 is 1.96 bits per heavy atom. The van der Waals surface area contributed by atoms with E-state index < -0.39 is 11.9 Å². The van der Waals surface area contributed by atoms with Crippen LogP contribution < -0.4 is 19.9 Å². The van der Waals surface area contributed by atoms with E-state index in [2.05, 4.69) is 34.2 Å². The molecular weight excluding hydrogens is 665 g/mol. The maximum Gasteiger partial charge on any atom is 0.308 e. The Morgan fingerprint density at radius 1 is 0.804 bits per heavy atom. The molecule has 0 N–H and O–H groups in total. The van der Waals surface area contributed by atoms with Gasteiger partial charge in [0.1, 0.15) is 0 Å². The topological polar surface area (TPSA) is 139 Å². The van der Waals surface area contributed by atoms with Crippen molar-refractivity contribution in [2.75, 3.05) is 5.75 Å². The molecule has 1 unspecified atom stereocenters. The number of aryl methyl sites for hydroxylation is 3. The highest BCUT2D eigenvalue weighted by molar-refractivity contribution is 8.32. The summed E-state index contributed by atoms with van der Waals surface area (Å²) in [5.74, 6) is 2.25. The van der Waals surface area contributed by atoms with Crippen LogP contribution in [0.15, 0.2) is 19.6 Å². The van der Waals surface area contributed by atoms with Crippen molar-refractivity contribution in [1.82, 2.24) is 39.6 Å². The zero-order valence-electron chi connectivity index (χ0n) is 26.2. The molecule has 0 fully saturated rings. The van der Waals surface area contributed by atoms with Gasteiger partial charge in [0.25, 0.3) is 0 Å². The molecule has 5 aromatic rings. The van der Waals surface area contributed by atoms with E-state index in [4.69, 9.17) is 19.7 Å². The van der Waals surface area contributed by atoms with Crippen LogP contribution in [-0.4, -0.2) is 57.3 Å². The molecule has 46 heavy (non-hydrogen) atoms. The second kappa shape index (κ2) is 12.0. The fraction of sp³-hybridized carbons (Fsp3) is 0.400. The highest BCUT2D eigenvalue weighted by Gasteiger charge is 2.38. The van der Waals surface area contributed by atoms with Crippen LogP contribution in [-0.2, 0) is 16.0 Å². The molecule has 4 aromatic heterocycles. The minimum absolute atomic E-state index is 0.206. The number of hydrogen-bond donors (Lipinski definition) is 0. The van der Waals surface area contributed by atoms with Crippen molar-refractivity contribution in [3.05, 3.63) is 33.5 Å². The summed E-state index contributed by atoms with van der Waals surface area (Å²) in [6.07, 6.45) is 2.69. The first-order valence-corrected chi connectivity index (χ1v) is 18.3. The summed E-state index contributed by atoms with van der Waals surface area (Å²) in [7, 11) is 0. The van der Waals surface area contributed by atoms with Crippen LogP contribution in [0.3, 0.4) is 0 Å². The SMILES string of the molecule is CCCC(C)c1nn2c(C)nnc2/c1=C1/CSc2c(OC(C)=O)c3c(c(OC(C)=O)c2S1)S/C(=c1\c(CC)nn2c(C)nnc12)S3. The van der Waals surface area contributed by atoms with Crippen molar-refractivity contribution in [3.8, 4) is 11.5 Å². The number of rotatable bonds is 6. The van der Waals surface area contributed by atoms with Gasteiger partial charge in [-0.3, -0.25) is 9.59 Å². The lowest BCUT2D eigenvalue weighted by molar-refractivity contribution is -0.133. The molecule has 0 spiro atoms. The largest absolute Gasteiger partial charge is 0.424 e. The van der Waals surface area contributed by atoms with Gasteiger partial charge < -0.3 is 9.47 Å². The molecule has 0 saturated carbocycles. The number of aromatic nitrogens is 8. The molecule has 16 heteroatoms. The Kier molecular flexibility index (Phi) is 8.18. The van der Waals surface area contributed by atoms with Gasteiger partial charge in [-0.1, -0.05) is 62.5 Å². The Hall–Kier alpha value is -3.34. The normalized spacial score (nSPS) is 17.5. The monoisotopic (exact) mass is 694 g/mol. The van der Waals surface area contributed by atoms with Crippen LogP contribution in [0.2, 0.25) is 0 Å². The maximum absolute atomic E-state index is 12.6. The summed E-state index contributed by atoms with van der Waals surface area (Å²) in [6.45, 7) is 13.0. The average molecular weight is 695 g/mol. The maximum atomic E-state index is 12.6. The molecule has 1 aromatic carbocycles. The molecule has 0 radical (unpaired) electrons. The zero-order valence-corrected chi connectivity index (χ0v) is 29.5. The van der Waals surface area contributed by atoms with Gasteiger partial charge >= 0.3 is 11.9 Å². The minimum atomic E-state index is -0.441. The Labute approximate surface area is 280 Å². The van der Waals surface area contributed by atoms with Crippen LogP contribution in [0.1, 0.15) is 76.4 Å². The molecule has 0 amide bonds. The third kappa shape index (κ3) is 5.04. The number of carbonyl (C=O) groups excluding carboxylic acids is 2. The smallest absolute Gasteiger partial charge is 0.308 e. The van der Waals surface area contributed by atoms with E-state index in [9.17, 15) is 9.59 Å². The number of hydrogen-bond acceptors (Lipinski definition) is 14. The van der Waals surface area contributed by atoms with E-state index in [1.807, 2.05) is 25.3 Å². The Balaban J connectivity index is 1.48. The fourth-order valence-electron chi connectivity index (χ4n) is 5.70. The molecule has 12 nitrogen and oxygen atoms in total. The summed E-state index contributed by atoms with van der Waals surface area (Å²) in [6, 6.07) is 0. The number of fused-ring (bicyclic) bond motifs is 4. The average Bonchev–Trinajstić information content (AvgIpc) is 3.82. The van der Waals surface area contributed by atoms with Gasteiger partial charge in [-0.15, -0.1) is 32.2 Å². The quantitative estimate of drug-likeness (QED) is 0.176. The standard InChI is InChI=1S/C30H30N8O4S4/c1-8-10-12(3)21-20(29-34-32-14(5)38(29)36-21)18-11-43-24-22(41-15(6)39)26-27(23(25(24)44-18)42-16(7)40)46-30(45-26)19-17(9-2)35-37-13(4)31-33-28(19)37/h12H,8-11H2,1-7H3/b20-18-,30-19+. The molecule has 1 atom stereocenters. The number of esters is 2. The summed E-state index contributed by atoms with van der Waals surface area (Å²) < 4.78 is 16.5. The lowest BCUT2D eigenvalue weighted by Gasteiger charge is -2.24. The van der Waals surface area contributed by atoms with Crippen molar-refractivity contribution >= 4 is 79.4 Å². The Morgan fingerprint density at radius 2 is 1.37 bits per heavy atom. The molecule has 0 aliphatic carbocycles. The second-order valence-corrected chi connectivity index (χ2v) is 15.4. The molecule has 2 aliphatic rings. The van der Waals surface area contributed by atoms with Crippen molar-refractivity contribution < 1.29 is 19.1 Å². The van der Waals surface area contributed by atoms with Gasteiger partial charge in [0, 0.05) is 30.4 Å². The van der Waals surface area contributed by atoms with Crippen LogP contribution in [0.4, 0.5) is 0 Å². The first-order valence-electron chi connectivity index (χ1n) is 14.9. The highest BCUT2D eigenvalue weighted by atomic mass is 32.2. The van der Waals surface area contributed by atoms with Crippen molar-refractivity contribution in [2.45, 2.75) is 93.2 Å². The first kappa shape index (κ1) is 31.3. The van der Waals surface area contributed by atoms with E-state index in [0.717, 1.165) is 64.3 Å². The van der Waals surface area contributed by atoms with Crippen LogP contribution in [0.25, 0.3) is 20.4 Å². The number of thioether (sulfide) groups is 4. The minimum Gasteiger partial charge on any atom is -0.424 e. The fourth-order valence-corrected chi connectivity index (χ4v) is 11.2. The lowest BCUT2D eigenvalue weighted by atomic mass is 10.0.